The molecule has 1 aromatic heterocycles. The number of aromatic nitrogens is 1. The summed E-state index contributed by atoms with van der Waals surface area (Å²) in [7, 11) is 0. The molecule has 4 aliphatic rings. The van der Waals surface area contributed by atoms with Gasteiger partial charge in [0.05, 0.1) is 12.0 Å². The number of aliphatic hydroxyl groups excluding tert-OH is 1. The number of nitrogens with zero attached hydrogens (tertiary/aromatic N) is 1. The van der Waals surface area contributed by atoms with Crippen LogP contribution in [0.15, 0.2) is 72.6 Å². The summed E-state index contributed by atoms with van der Waals surface area (Å²) in [5.41, 5.74) is 6.31. The number of nitrogens with one attached hydrogen (secondary N) is 1. The number of fused-ring (bicyclic) bond motifs is 6. The number of Topliss-reactive ketones (excluding diaryl/α,β-unsaturated/α-hetero) is 1. The molecule has 0 aliphatic heterocycles. The lowest BCUT2D eigenvalue weighted by Gasteiger charge is -2.60. The summed E-state index contributed by atoms with van der Waals surface area (Å²) in [6.07, 6.45) is 8.40. The van der Waals surface area contributed by atoms with Gasteiger partial charge in [0, 0.05) is 54.7 Å². The lowest BCUT2D eigenvalue weighted by molar-refractivity contribution is -0.184. The number of esters is 2. The average Bonchev–Trinajstić information content (AvgIpc) is 3.47. The van der Waals surface area contributed by atoms with Crippen molar-refractivity contribution in [3.05, 3.63) is 83.7 Å². The number of hydrogen-bond donors (Lipinski definition) is 4. The molecule has 57 heavy (non-hydrogen) atoms. The zero-order chi connectivity index (χ0) is 40.5. The highest BCUT2D eigenvalue weighted by atomic mass is 16.5. The molecule has 0 spiro atoms. The van der Waals surface area contributed by atoms with Crippen LogP contribution in [0.4, 0.5) is 5.69 Å². The van der Waals surface area contributed by atoms with Crippen LogP contribution in [0.25, 0.3) is 10.8 Å². The van der Waals surface area contributed by atoms with Crippen molar-refractivity contribution < 1.29 is 43.7 Å². The molecule has 0 radical (unpaired) electrons. The van der Waals surface area contributed by atoms with Crippen molar-refractivity contribution >= 4 is 45.9 Å². The molecule has 2 aromatic carbocycles. The van der Waals surface area contributed by atoms with Crippen LogP contribution in [-0.2, 0) is 40.1 Å². The van der Waals surface area contributed by atoms with Gasteiger partial charge in [-0.05, 0) is 109 Å². The zero-order valence-electron chi connectivity index (χ0n) is 32.7. The van der Waals surface area contributed by atoms with Gasteiger partial charge in [-0.2, -0.15) is 0 Å². The average molecular weight is 780 g/mol. The van der Waals surface area contributed by atoms with Crippen molar-refractivity contribution in [1.29, 1.82) is 0 Å². The minimum Gasteiger partial charge on any atom is -0.461 e. The molecule has 1 heterocycles. The molecule has 7 rings (SSSR count). The number of nitrogens with two attached hydrogens (primary N) is 1. The molecule has 5 N–H and O–H groups in total. The molecule has 1 amide bonds. The Balaban J connectivity index is 0.841. The van der Waals surface area contributed by atoms with Crippen molar-refractivity contribution in [2.45, 2.75) is 102 Å². The Morgan fingerprint density at radius 2 is 1.72 bits per heavy atom. The topological polar surface area (TPSA) is 195 Å². The highest BCUT2D eigenvalue weighted by Crippen LogP contribution is 2.67. The van der Waals surface area contributed by atoms with Crippen LogP contribution in [0.5, 0.6) is 0 Å². The quantitative estimate of drug-likeness (QED) is 0.161. The molecule has 0 unspecified atom stereocenters. The lowest BCUT2D eigenvalue weighted by Crippen LogP contribution is -2.62. The fourth-order valence-corrected chi connectivity index (χ4v) is 10.7. The van der Waals surface area contributed by atoms with Gasteiger partial charge in [-0.3, -0.25) is 29.0 Å². The van der Waals surface area contributed by atoms with Crippen molar-refractivity contribution in [2.24, 2.45) is 34.3 Å². The van der Waals surface area contributed by atoms with Gasteiger partial charge in [-0.1, -0.05) is 49.8 Å². The van der Waals surface area contributed by atoms with E-state index in [-0.39, 0.29) is 80.1 Å². The van der Waals surface area contributed by atoms with Gasteiger partial charge in [0.15, 0.2) is 12.4 Å². The number of carbonyl (C=O) groups excluding carboxylic acids is 5. The number of amides is 1. The van der Waals surface area contributed by atoms with E-state index in [0.29, 0.717) is 24.9 Å². The maximum Gasteiger partial charge on any atom is 0.306 e. The highest BCUT2D eigenvalue weighted by Gasteiger charge is 2.68. The first-order valence-electron chi connectivity index (χ1n) is 20.2. The Bertz CT molecular complexity index is 2080. The Labute approximate surface area is 332 Å². The number of rotatable bonds is 13. The molecule has 0 saturated heterocycles. The van der Waals surface area contributed by atoms with Gasteiger partial charge in [0.1, 0.15) is 12.2 Å². The van der Waals surface area contributed by atoms with Crippen LogP contribution in [0.3, 0.4) is 0 Å². The van der Waals surface area contributed by atoms with Crippen molar-refractivity contribution in [2.75, 3.05) is 18.5 Å². The third kappa shape index (κ3) is 7.79. The van der Waals surface area contributed by atoms with Gasteiger partial charge < -0.3 is 30.7 Å². The predicted molar refractivity (Wildman–Crippen MR) is 211 cm³/mol. The van der Waals surface area contributed by atoms with Crippen LogP contribution >= 0.6 is 0 Å². The Morgan fingerprint density at radius 3 is 2.47 bits per heavy atom. The minimum atomic E-state index is -1.74. The first kappa shape index (κ1) is 40.4. The van der Waals surface area contributed by atoms with E-state index in [1.807, 2.05) is 31.2 Å². The number of allylic oxidation sites excluding steroid dienone is 1. The number of anilines is 1. The maximum absolute atomic E-state index is 13.6. The summed E-state index contributed by atoms with van der Waals surface area (Å²) in [6.45, 7) is 3.58. The van der Waals surface area contributed by atoms with E-state index in [1.165, 1.54) is 0 Å². The van der Waals surface area contributed by atoms with Crippen LogP contribution in [0, 0.1) is 28.6 Å². The number of ketones is 2. The number of ether oxygens (including phenoxy) is 2. The molecule has 3 fully saturated rings. The molecular formula is C45H53N3O9. The standard InChI is InChI=1S/C45H53N3O9/c1-43-17-14-33(49)21-31(43)11-13-34-36-15-18-45(55,44(36,2)22-37(50)41(34)43)38(51)26-57-40(53)5-3-4-39(52)56-25-27-6-8-28(9-7-27)35(23-46)42(54)48-32-12-10-30-24-47-19-16-29(30)20-32/h6-10,12,16,19-21,24,34-37,41,50,55H,3-5,11,13-15,17-18,22-23,25-26,46H2,1-2H3,(H,48,54)/t34-,35+,36-,37-,41+,43-,44-,45-/m0/s1. The number of aliphatic hydroxyl groups is 2. The van der Waals surface area contributed by atoms with Crippen molar-refractivity contribution in [3.8, 4) is 0 Å². The Morgan fingerprint density at radius 1 is 0.965 bits per heavy atom. The zero-order valence-corrected chi connectivity index (χ0v) is 32.7. The van der Waals surface area contributed by atoms with E-state index in [0.717, 1.165) is 40.3 Å². The van der Waals surface area contributed by atoms with E-state index < -0.39 is 47.4 Å². The van der Waals surface area contributed by atoms with Gasteiger partial charge in [-0.15, -0.1) is 0 Å². The van der Waals surface area contributed by atoms with Gasteiger partial charge in [0.2, 0.25) is 11.7 Å². The Kier molecular flexibility index (Phi) is 11.5. The van der Waals surface area contributed by atoms with E-state index in [1.54, 1.807) is 42.7 Å². The van der Waals surface area contributed by atoms with Gasteiger partial charge in [0.25, 0.3) is 0 Å². The summed E-state index contributed by atoms with van der Waals surface area (Å²) in [5, 5.41) is 28.4. The SMILES string of the molecule is C[C@]12CCC(=O)C=C1CC[C@@H]1[C@@H]2[C@@H](O)C[C@@]2(C)[C@H]1CC[C@]2(O)C(=O)COC(=O)CCCC(=O)OCc1ccc([C@@H](CN)C(=O)Nc2ccc3cnccc3c2)cc1. The van der Waals surface area contributed by atoms with Gasteiger partial charge in [-0.25, -0.2) is 0 Å². The number of benzene rings is 2. The summed E-state index contributed by atoms with van der Waals surface area (Å²) in [5.74, 6) is -2.31. The first-order chi connectivity index (χ1) is 27.3. The molecule has 12 heteroatoms. The third-order valence-electron chi connectivity index (χ3n) is 13.9. The molecule has 0 bridgehead atoms. The third-order valence-corrected chi connectivity index (χ3v) is 13.9. The van der Waals surface area contributed by atoms with Crippen LogP contribution in [0.1, 0.15) is 95.1 Å². The van der Waals surface area contributed by atoms with Crippen LogP contribution in [-0.4, -0.2) is 69.5 Å². The van der Waals surface area contributed by atoms with Crippen molar-refractivity contribution in [3.63, 3.8) is 0 Å². The van der Waals surface area contributed by atoms with E-state index in [9.17, 15) is 34.2 Å². The highest BCUT2D eigenvalue weighted by molar-refractivity contribution is 5.98. The first-order valence-corrected chi connectivity index (χ1v) is 20.2. The second-order valence-electron chi connectivity index (χ2n) is 17.0. The van der Waals surface area contributed by atoms with E-state index >= 15 is 0 Å². The summed E-state index contributed by atoms with van der Waals surface area (Å²) < 4.78 is 10.7. The van der Waals surface area contributed by atoms with Crippen molar-refractivity contribution in [1.82, 2.24) is 4.98 Å². The molecule has 8 atom stereocenters. The second-order valence-corrected chi connectivity index (χ2v) is 17.0. The molecule has 12 nitrogen and oxygen atoms in total. The molecule has 302 valence electrons. The summed E-state index contributed by atoms with van der Waals surface area (Å²) in [6, 6.07) is 14.6. The molecule has 4 aliphatic carbocycles. The number of hydrogen-bond acceptors (Lipinski definition) is 11. The maximum atomic E-state index is 13.6. The predicted octanol–water partition coefficient (Wildman–Crippen LogP) is 5.48. The monoisotopic (exact) mass is 779 g/mol. The number of carbonyl (C=O) groups is 5. The van der Waals surface area contributed by atoms with Crippen LogP contribution in [0.2, 0.25) is 0 Å². The van der Waals surface area contributed by atoms with Gasteiger partial charge >= 0.3 is 11.9 Å². The minimum absolute atomic E-state index is 0.00885. The summed E-state index contributed by atoms with van der Waals surface area (Å²) in [4.78, 5) is 68.1. The second kappa shape index (κ2) is 16.2. The number of pyridine rings is 1. The smallest absolute Gasteiger partial charge is 0.306 e. The molecule has 3 aromatic rings. The summed E-state index contributed by atoms with van der Waals surface area (Å²) >= 11 is 0. The molecule has 3 saturated carbocycles. The fraction of sp³-hybridized carbons (Fsp3) is 0.511. The van der Waals surface area contributed by atoms with E-state index in [2.05, 4.69) is 17.2 Å². The lowest BCUT2D eigenvalue weighted by atomic mass is 9.45. The largest absolute Gasteiger partial charge is 0.461 e. The normalized spacial score (nSPS) is 29.6. The van der Waals surface area contributed by atoms with E-state index in [4.69, 9.17) is 15.2 Å². The Hall–Kier alpha value is -4.78. The molecular weight excluding hydrogens is 727 g/mol. The van der Waals surface area contributed by atoms with Crippen LogP contribution < -0.4 is 11.1 Å². The fourth-order valence-electron chi connectivity index (χ4n) is 10.7.